The van der Waals surface area contributed by atoms with Gasteiger partial charge in [-0.15, -0.1) is 0 Å². The molecule has 1 saturated carbocycles. The predicted molar refractivity (Wildman–Crippen MR) is 146 cm³/mol. The van der Waals surface area contributed by atoms with E-state index in [2.05, 4.69) is 0 Å². The summed E-state index contributed by atoms with van der Waals surface area (Å²) in [6.45, 7) is 5.55. The number of esters is 3. The zero-order valence-corrected chi connectivity index (χ0v) is 24.4. The molecule has 6 aliphatic rings. The molecule has 0 amide bonds. The summed E-state index contributed by atoms with van der Waals surface area (Å²) in [5.41, 5.74) is -1.49. The number of Topliss-reactive ketones (excluding diaryl/α,β-unsaturated/α-hetero) is 1. The van der Waals surface area contributed by atoms with Gasteiger partial charge in [-0.1, -0.05) is 0 Å². The van der Waals surface area contributed by atoms with Gasteiger partial charge < -0.3 is 39.0 Å². The molecule has 8 rings (SSSR count). The number of cyclic esters (lactones) is 1. The molecule has 12 nitrogen and oxygen atoms in total. The van der Waals surface area contributed by atoms with Crippen LogP contribution in [-0.4, -0.2) is 70.7 Å². The first-order chi connectivity index (χ1) is 20.7. The van der Waals surface area contributed by atoms with Crippen molar-refractivity contribution in [3.05, 3.63) is 62.4 Å². The number of ether oxygens (including phenoxy) is 5. The molecule has 2 bridgehead atoms. The van der Waals surface area contributed by atoms with Gasteiger partial charge in [-0.2, -0.15) is 0 Å². The third-order valence-electron chi connectivity index (χ3n) is 10.4. The average Bonchev–Trinajstić information content (AvgIpc) is 3.10. The van der Waals surface area contributed by atoms with E-state index in [0.717, 1.165) is 0 Å². The molecule has 228 valence electrons. The summed E-state index contributed by atoms with van der Waals surface area (Å²) >= 11 is 0. The van der Waals surface area contributed by atoms with Gasteiger partial charge in [0.05, 0.1) is 23.7 Å². The number of carbonyl (C=O) groups excluding carboxylic acids is 4. The van der Waals surface area contributed by atoms with Gasteiger partial charge in [0.25, 0.3) is 0 Å². The number of ketones is 1. The maximum atomic E-state index is 14.9. The standard InChI is InChI=1S/C32H28O12/c1-10-6-14(35)18-22-16(10)24(36)23-27(42-12(3)33)31(22,9-41-28(18)37)26-25-19-15(8-30(4,39)44-25)43-29(38)17-13(34)7-11(2)21(20(17)19)32(23,26)40-5/h6-7,15,23,26-27,34-35,39H,8-9H2,1-5H3/t15-,23+,26-,27+,30+,31+,32-/m1/s1. The number of carbonyl (C=O) groups is 4. The third kappa shape index (κ3) is 2.78. The molecule has 0 aromatic heterocycles. The van der Waals surface area contributed by atoms with Gasteiger partial charge in [0.15, 0.2) is 5.78 Å². The van der Waals surface area contributed by atoms with Gasteiger partial charge in [-0.05, 0) is 48.2 Å². The van der Waals surface area contributed by atoms with Crippen LogP contribution in [-0.2, 0) is 39.5 Å². The van der Waals surface area contributed by atoms with Gasteiger partial charge in [-0.3, -0.25) is 9.59 Å². The summed E-state index contributed by atoms with van der Waals surface area (Å²) < 4.78 is 30.4. The number of benzene rings is 2. The summed E-state index contributed by atoms with van der Waals surface area (Å²) in [4.78, 5) is 54.4. The van der Waals surface area contributed by atoms with Gasteiger partial charge in [-0.25, -0.2) is 9.59 Å². The Labute approximate surface area is 250 Å². The lowest BCUT2D eigenvalue weighted by Gasteiger charge is -2.53. The molecule has 1 spiro atoms. The van der Waals surface area contributed by atoms with Crippen LogP contribution in [0, 0.1) is 25.7 Å². The van der Waals surface area contributed by atoms with Crippen molar-refractivity contribution in [1.29, 1.82) is 0 Å². The Balaban J connectivity index is 1.62. The van der Waals surface area contributed by atoms with Crippen LogP contribution in [0.1, 0.15) is 79.2 Å². The van der Waals surface area contributed by atoms with Gasteiger partial charge in [0.1, 0.15) is 52.8 Å². The normalized spacial score (nSPS) is 35.2. The van der Waals surface area contributed by atoms with Crippen LogP contribution in [0.25, 0.3) is 5.57 Å². The Morgan fingerprint density at radius 1 is 0.977 bits per heavy atom. The van der Waals surface area contributed by atoms with Crippen molar-refractivity contribution in [3.8, 4) is 11.5 Å². The lowest BCUT2D eigenvalue weighted by atomic mass is 9.59. The first-order valence-electron chi connectivity index (χ1n) is 14.3. The molecular weight excluding hydrogens is 576 g/mol. The number of hydrogen-bond acceptors (Lipinski definition) is 12. The van der Waals surface area contributed by atoms with E-state index in [4.69, 9.17) is 23.7 Å². The predicted octanol–water partition coefficient (Wildman–Crippen LogP) is 2.43. The van der Waals surface area contributed by atoms with E-state index >= 15 is 0 Å². The quantitative estimate of drug-likeness (QED) is 0.338. The molecule has 3 aliphatic heterocycles. The number of aliphatic hydroxyl groups is 1. The summed E-state index contributed by atoms with van der Waals surface area (Å²) in [6.07, 6.45) is -2.46. The highest BCUT2D eigenvalue weighted by Crippen LogP contribution is 2.73. The van der Waals surface area contributed by atoms with Crippen LogP contribution in [0.4, 0.5) is 0 Å². The topological polar surface area (TPSA) is 175 Å². The molecule has 3 N–H and O–H groups in total. The largest absolute Gasteiger partial charge is 0.507 e. The van der Waals surface area contributed by atoms with Crippen molar-refractivity contribution >= 4 is 29.3 Å². The average molecular weight is 605 g/mol. The minimum Gasteiger partial charge on any atom is -0.507 e. The number of aryl methyl sites for hydroxylation is 2. The van der Waals surface area contributed by atoms with Crippen molar-refractivity contribution in [2.75, 3.05) is 13.7 Å². The summed E-state index contributed by atoms with van der Waals surface area (Å²) in [7, 11) is 1.39. The number of fused-ring (bicyclic) bond motifs is 5. The third-order valence-corrected chi connectivity index (χ3v) is 10.4. The fraction of sp³-hybridized carbons (Fsp3) is 0.438. The van der Waals surface area contributed by atoms with Crippen LogP contribution < -0.4 is 0 Å². The van der Waals surface area contributed by atoms with Gasteiger partial charge in [0, 0.05) is 37.7 Å². The van der Waals surface area contributed by atoms with Crippen LogP contribution in [0.2, 0.25) is 0 Å². The highest BCUT2D eigenvalue weighted by Gasteiger charge is 2.81. The maximum absolute atomic E-state index is 14.9. The van der Waals surface area contributed by atoms with E-state index in [1.165, 1.54) is 33.1 Å². The molecule has 0 saturated heterocycles. The summed E-state index contributed by atoms with van der Waals surface area (Å²) in [5.74, 6) is -7.83. The fourth-order valence-electron chi connectivity index (χ4n) is 9.24. The maximum Gasteiger partial charge on any atom is 0.343 e. The molecule has 1 fully saturated rings. The molecule has 44 heavy (non-hydrogen) atoms. The fourth-order valence-corrected chi connectivity index (χ4v) is 9.24. The van der Waals surface area contributed by atoms with Crippen LogP contribution >= 0.6 is 0 Å². The zero-order chi connectivity index (χ0) is 31.4. The second-order valence-electron chi connectivity index (χ2n) is 12.7. The summed E-state index contributed by atoms with van der Waals surface area (Å²) in [6, 6.07) is 2.71. The molecule has 3 aliphatic carbocycles. The van der Waals surface area contributed by atoms with Crippen LogP contribution in [0.3, 0.4) is 0 Å². The van der Waals surface area contributed by atoms with Crippen molar-refractivity contribution in [2.45, 2.75) is 63.1 Å². The number of phenolic OH excluding ortho intramolecular Hbond substituents is 2. The van der Waals surface area contributed by atoms with Crippen LogP contribution in [0.5, 0.6) is 11.5 Å². The minimum absolute atomic E-state index is 0.0875. The SMILES string of the molecule is CO[C@@]12c3c(C)cc(O)c4c3C3=C(O[C@](C)(O)C[C@H]3OC4=O)[C@@H]1[C@]13COC(=O)c4c(O)cc(C)c(c41)C(=O)[C@H]2[C@@H]3OC(C)=O. The molecule has 0 unspecified atom stereocenters. The van der Waals surface area contributed by atoms with E-state index < -0.39 is 76.9 Å². The van der Waals surface area contributed by atoms with Crippen molar-refractivity contribution in [2.24, 2.45) is 11.8 Å². The molecule has 2 aromatic carbocycles. The van der Waals surface area contributed by atoms with Gasteiger partial charge in [0.2, 0.25) is 5.79 Å². The lowest BCUT2D eigenvalue weighted by Crippen LogP contribution is -2.58. The highest BCUT2D eigenvalue weighted by molar-refractivity contribution is 6.11. The Morgan fingerprint density at radius 2 is 1.66 bits per heavy atom. The van der Waals surface area contributed by atoms with E-state index in [0.29, 0.717) is 22.3 Å². The molecule has 7 atom stereocenters. The van der Waals surface area contributed by atoms with Crippen molar-refractivity contribution in [1.82, 2.24) is 0 Å². The molecule has 0 radical (unpaired) electrons. The van der Waals surface area contributed by atoms with E-state index in [9.17, 15) is 34.5 Å². The first kappa shape index (κ1) is 27.2. The number of phenols is 2. The number of methoxy groups -OCH3 is 1. The van der Waals surface area contributed by atoms with Gasteiger partial charge >= 0.3 is 17.9 Å². The molecular formula is C32H28O12. The van der Waals surface area contributed by atoms with E-state index in [1.807, 2.05) is 0 Å². The van der Waals surface area contributed by atoms with E-state index in [1.54, 1.807) is 13.8 Å². The second-order valence-corrected chi connectivity index (χ2v) is 12.7. The lowest BCUT2D eigenvalue weighted by molar-refractivity contribution is -0.206. The first-order valence-corrected chi connectivity index (χ1v) is 14.3. The molecule has 12 heteroatoms. The smallest absolute Gasteiger partial charge is 0.343 e. The molecule has 3 heterocycles. The Bertz CT molecular complexity index is 1850. The number of aromatic hydroxyl groups is 2. The number of hydrogen-bond donors (Lipinski definition) is 3. The van der Waals surface area contributed by atoms with E-state index in [-0.39, 0.29) is 45.7 Å². The monoisotopic (exact) mass is 604 g/mol. The second kappa shape index (κ2) is 7.99. The van der Waals surface area contributed by atoms with Crippen LogP contribution in [0.15, 0.2) is 17.9 Å². The van der Waals surface area contributed by atoms with Crippen molar-refractivity contribution in [3.63, 3.8) is 0 Å². The Kier molecular flexibility index (Phi) is 4.93. The Morgan fingerprint density at radius 3 is 2.34 bits per heavy atom. The molecule has 2 aromatic rings. The number of rotatable bonds is 2. The zero-order valence-electron chi connectivity index (χ0n) is 24.4. The summed E-state index contributed by atoms with van der Waals surface area (Å²) in [5, 5.41) is 33.6. The minimum atomic E-state index is -1.87. The highest BCUT2D eigenvalue weighted by atomic mass is 16.6. The Hall–Kier alpha value is -4.42. The van der Waals surface area contributed by atoms with Crippen molar-refractivity contribution < 1.29 is 58.2 Å².